The van der Waals surface area contributed by atoms with Crippen LogP contribution in [0.5, 0.6) is 5.75 Å². The normalized spacial score (nSPS) is 23.0. The van der Waals surface area contributed by atoms with E-state index in [1.54, 1.807) is 0 Å². The maximum absolute atomic E-state index is 12.8. The van der Waals surface area contributed by atoms with Crippen molar-refractivity contribution < 1.29 is 14.3 Å². The van der Waals surface area contributed by atoms with Crippen LogP contribution in [0.15, 0.2) is 18.2 Å². The summed E-state index contributed by atoms with van der Waals surface area (Å²) in [4.78, 5) is 12.0. The van der Waals surface area contributed by atoms with Gasteiger partial charge in [0.15, 0.2) is 0 Å². The van der Waals surface area contributed by atoms with Gasteiger partial charge in [-0.3, -0.25) is 4.79 Å². The van der Waals surface area contributed by atoms with Crippen molar-refractivity contribution in [1.29, 1.82) is 0 Å². The molecule has 0 heterocycles. The molecule has 1 fully saturated rings. The van der Waals surface area contributed by atoms with Crippen molar-refractivity contribution in [3.8, 4) is 5.75 Å². The Kier molecular flexibility index (Phi) is 4.22. The van der Waals surface area contributed by atoms with Crippen LogP contribution < -0.4 is 5.32 Å². The van der Waals surface area contributed by atoms with Gasteiger partial charge in [-0.05, 0) is 30.9 Å². The number of amides is 1. The first-order chi connectivity index (χ1) is 8.61. The molecule has 0 bridgehead atoms. The molecule has 0 spiro atoms. The Morgan fingerprint density at radius 2 is 2.28 bits per heavy atom. The van der Waals surface area contributed by atoms with Crippen LogP contribution in [0, 0.1) is 11.7 Å². The Morgan fingerprint density at radius 1 is 1.50 bits per heavy atom. The molecule has 3 nitrogen and oxygen atoms in total. The molecule has 1 saturated carbocycles. The van der Waals surface area contributed by atoms with Crippen molar-refractivity contribution >= 4 is 21.8 Å². The smallest absolute Gasteiger partial charge is 0.255 e. The van der Waals surface area contributed by atoms with Crippen LogP contribution in [-0.2, 0) is 0 Å². The first kappa shape index (κ1) is 13.3. The van der Waals surface area contributed by atoms with Crippen molar-refractivity contribution in [3.63, 3.8) is 0 Å². The summed E-state index contributed by atoms with van der Waals surface area (Å²) in [6, 6.07) is 3.55. The Bertz CT molecular complexity index is 453. The summed E-state index contributed by atoms with van der Waals surface area (Å²) in [5.41, 5.74) is 0.122. The summed E-state index contributed by atoms with van der Waals surface area (Å²) in [5.74, 6) is -0.786. The van der Waals surface area contributed by atoms with E-state index in [-0.39, 0.29) is 23.3 Å². The maximum atomic E-state index is 12.8. The molecule has 2 atom stereocenters. The first-order valence-electron chi connectivity index (χ1n) is 5.97. The molecular weight excluding hydrogens is 301 g/mol. The molecule has 0 saturated heterocycles. The van der Waals surface area contributed by atoms with Crippen molar-refractivity contribution in [3.05, 3.63) is 29.6 Å². The number of benzene rings is 1. The second-order valence-electron chi connectivity index (χ2n) is 4.59. The molecule has 2 unspecified atom stereocenters. The summed E-state index contributed by atoms with van der Waals surface area (Å²) < 4.78 is 12.8. The number of carbonyl (C=O) groups excluding carboxylic acids is 1. The van der Waals surface area contributed by atoms with E-state index < -0.39 is 5.82 Å². The third kappa shape index (κ3) is 2.83. The molecule has 1 aromatic carbocycles. The van der Waals surface area contributed by atoms with Gasteiger partial charge in [-0.25, -0.2) is 4.39 Å². The molecule has 0 radical (unpaired) electrons. The highest BCUT2D eigenvalue weighted by Gasteiger charge is 2.28. The second kappa shape index (κ2) is 5.69. The Morgan fingerprint density at radius 3 is 2.94 bits per heavy atom. The van der Waals surface area contributed by atoms with Crippen LogP contribution in [-0.4, -0.2) is 22.4 Å². The number of aromatic hydroxyl groups is 1. The monoisotopic (exact) mass is 315 g/mol. The second-order valence-corrected chi connectivity index (χ2v) is 5.23. The van der Waals surface area contributed by atoms with Crippen molar-refractivity contribution in [2.45, 2.75) is 25.3 Å². The van der Waals surface area contributed by atoms with E-state index in [1.165, 1.54) is 12.1 Å². The number of alkyl halides is 1. The van der Waals surface area contributed by atoms with Gasteiger partial charge in [0.1, 0.15) is 11.6 Å². The SMILES string of the molecule is O=C(NC1CCCC1CBr)c1ccc(F)cc1O. The highest BCUT2D eigenvalue weighted by Crippen LogP contribution is 2.28. The van der Waals surface area contributed by atoms with Crippen LogP contribution in [0.2, 0.25) is 0 Å². The number of phenolic OH excluding ortho intramolecular Hbond substituents is 1. The topological polar surface area (TPSA) is 49.3 Å². The van der Waals surface area contributed by atoms with Crippen LogP contribution in [0.4, 0.5) is 4.39 Å². The molecule has 1 aliphatic rings. The molecule has 0 aliphatic heterocycles. The van der Waals surface area contributed by atoms with Gasteiger partial charge in [0.25, 0.3) is 5.91 Å². The lowest BCUT2D eigenvalue weighted by molar-refractivity contribution is 0.0927. The van der Waals surface area contributed by atoms with Crippen LogP contribution in [0.3, 0.4) is 0 Å². The van der Waals surface area contributed by atoms with Crippen molar-refractivity contribution in [2.24, 2.45) is 5.92 Å². The lowest BCUT2D eigenvalue weighted by Gasteiger charge is -2.19. The fourth-order valence-corrected chi connectivity index (χ4v) is 3.13. The van der Waals surface area contributed by atoms with Crippen molar-refractivity contribution in [1.82, 2.24) is 5.32 Å². The summed E-state index contributed by atoms with van der Waals surface area (Å²) in [6.07, 6.45) is 3.13. The third-order valence-corrected chi connectivity index (χ3v) is 4.21. The summed E-state index contributed by atoms with van der Waals surface area (Å²) in [7, 11) is 0. The molecule has 5 heteroatoms. The van der Waals surface area contributed by atoms with Crippen LogP contribution in [0.25, 0.3) is 0 Å². The van der Waals surface area contributed by atoms with Crippen molar-refractivity contribution in [2.75, 3.05) is 5.33 Å². The summed E-state index contributed by atoms with van der Waals surface area (Å²) in [5, 5.41) is 13.3. The fraction of sp³-hybridized carbons (Fsp3) is 0.462. The molecule has 2 rings (SSSR count). The highest BCUT2D eigenvalue weighted by atomic mass is 79.9. The molecule has 1 aliphatic carbocycles. The predicted molar refractivity (Wildman–Crippen MR) is 70.5 cm³/mol. The molecule has 0 aromatic heterocycles. The largest absolute Gasteiger partial charge is 0.507 e. The number of rotatable bonds is 3. The number of phenols is 1. The molecule has 2 N–H and O–H groups in total. The van der Waals surface area contributed by atoms with E-state index in [0.717, 1.165) is 30.7 Å². The first-order valence-corrected chi connectivity index (χ1v) is 7.09. The zero-order valence-corrected chi connectivity index (χ0v) is 11.4. The number of halogens is 2. The molecular formula is C13H15BrFNO2. The molecule has 1 amide bonds. The lowest BCUT2D eigenvalue weighted by Crippen LogP contribution is -2.37. The number of nitrogens with one attached hydrogen (secondary N) is 1. The van der Waals surface area contributed by atoms with Crippen LogP contribution in [0.1, 0.15) is 29.6 Å². The van der Waals surface area contributed by atoms with Crippen LogP contribution >= 0.6 is 15.9 Å². The molecule has 1 aromatic rings. The van der Waals surface area contributed by atoms with Gasteiger partial charge in [0, 0.05) is 17.4 Å². The van der Waals surface area contributed by atoms with E-state index >= 15 is 0 Å². The summed E-state index contributed by atoms with van der Waals surface area (Å²) in [6.45, 7) is 0. The molecule has 18 heavy (non-hydrogen) atoms. The van der Waals surface area contributed by atoms with Gasteiger partial charge >= 0.3 is 0 Å². The van der Waals surface area contributed by atoms with Gasteiger partial charge in [-0.15, -0.1) is 0 Å². The maximum Gasteiger partial charge on any atom is 0.255 e. The van der Waals surface area contributed by atoms with Gasteiger partial charge in [0.05, 0.1) is 5.56 Å². The fourth-order valence-electron chi connectivity index (χ4n) is 2.35. The van der Waals surface area contributed by atoms with E-state index in [4.69, 9.17) is 0 Å². The average molecular weight is 316 g/mol. The van der Waals surface area contributed by atoms with Gasteiger partial charge in [-0.1, -0.05) is 22.4 Å². The number of hydrogen-bond acceptors (Lipinski definition) is 2. The molecule has 98 valence electrons. The number of carbonyl (C=O) groups is 1. The van der Waals surface area contributed by atoms with E-state index in [2.05, 4.69) is 21.2 Å². The Hall–Kier alpha value is -1.10. The number of hydrogen-bond donors (Lipinski definition) is 2. The Balaban J connectivity index is 2.07. The average Bonchev–Trinajstić information content (AvgIpc) is 2.76. The summed E-state index contributed by atoms with van der Waals surface area (Å²) >= 11 is 3.44. The quantitative estimate of drug-likeness (QED) is 0.843. The minimum atomic E-state index is -0.553. The van der Waals surface area contributed by atoms with E-state index in [1.807, 2.05) is 0 Å². The predicted octanol–water partition coefficient (Wildman–Crippen LogP) is 2.82. The minimum Gasteiger partial charge on any atom is -0.507 e. The van der Waals surface area contributed by atoms with Gasteiger partial charge < -0.3 is 10.4 Å². The highest BCUT2D eigenvalue weighted by molar-refractivity contribution is 9.09. The Labute approximate surface area is 114 Å². The van der Waals surface area contributed by atoms with Gasteiger partial charge in [0.2, 0.25) is 0 Å². The van der Waals surface area contributed by atoms with E-state index in [0.29, 0.717) is 5.92 Å². The zero-order valence-electron chi connectivity index (χ0n) is 9.83. The lowest BCUT2D eigenvalue weighted by atomic mass is 10.1. The third-order valence-electron chi connectivity index (χ3n) is 3.38. The zero-order chi connectivity index (χ0) is 13.1. The minimum absolute atomic E-state index is 0.122. The van der Waals surface area contributed by atoms with E-state index in [9.17, 15) is 14.3 Å². The standard InChI is InChI=1S/C13H15BrFNO2/c14-7-8-2-1-3-11(8)16-13(18)10-5-4-9(15)6-12(10)17/h4-6,8,11,17H,1-3,7H2,(H,16,18). The van der Waals surface area contributed by atoms with Gasteiger partial charge in [-0.2, -0.15) is 0 Å².